The molecule has 0 aliphatic rings. The van der Waals surface area contributed by atoms with Crippen LogP contribution in [0.2, 0.25) is 0 Å². The first-order chi connectivity index (χ1) is 6.10. The Morgan fingerprint density at radius 2 is 1.85 bits per heavy atom. The second-order valence-electron chi connectivity index (χ2n) is 2.34. The maximum absolute atomic E-state index is 8.77. The van der Waals surface area contributed by atoms with E-state index in [1.807, 2.05) is 0 Å². The summed E-state index contributed by atoms with van der Waals surface area (Å²) in [6, 6.07) is 0. The van der Waals surface area contributed by atoms with E-state index in [0.29, 0.717) is 6.16 Å². The molecule has 4 heteroatoms. The molecule has 0 heterocycles. The largest absolute Gasteiger partial charge is 0.509 e. The van der Waals surface area contributed by atoms with Crippen LogP contribution >= 0.6 is 8.38 Å². The van der Waals surface area contributed by atoms with Gasteiger partial charge < -0.3 is 14.2 Å². The van der Waals surface area contributed by atoms with Gasteiger partial charge >= 0.3 is 0 Å². The zero-order chi connectivity index (χ0) is 10.3. The van der Waals surface area contributed by atoms with Gasteiger partial charge in [-0.15, -0.1) is 0 Å². The van der Waals surface area contributed by atoms with E-state index in [-0.39, 0.29) is 5.76 Å². The molecule has 74 valence electrons. The minimum Gasteiger partial charge on any atom is -0.509 e. The van der Waals surface area contributed by atoms with Gasteiger partial charge in [-0.3, -0.25) is 0 Å². The van der Waals surface area contributed by atoms with Gasteiger partial charge in [0.05, 0.1) is 0 Å². The quantitative estimate of drug-likeness (QED) is 0.409. The molecule has 0 atom stereocenters. The van der Waals surface area contributed by atoms with Crippen LogP contribution in [0.1, 0.15) is 0 Å². The van der Waals surface area contributed by atoms with E-state index in [9.17, 15) is 0 Å². The van der Waals surface area contributed by atoms with Crippen LogP contribution in [0.25, 0.3) is 0 Å². The molecule has 0 unspecified atom stereocenters. The van der Waals surface area contributed by atoms with Gasteiger partial charge in [0, 0.05) is 20.4 Å². The molecule has 0 saturated heterocycles. The molecule has 0 aliphatic heterocycles. The van der Waals surface area contributed by atoms with E-state index in [0.717, 1.165) is 5.57 Å². The Morgan fingerprint density at radius 1 is 1.31 bits per heavy atom. The van der Waals surface area contributed by atoms with Crippen LogP contribution in [-0.2, 0) is 9.05 Å². The van der Waals surface area contributed by atoms with Gasteiger partial charge in [0.25, 0.3) is 0 Å². The predicted octanol–water partition coefficient (Wildman–Crippen LogP) is 2.78. The lowest BCUT2D eigenvalue weighted by atomic mass is 10.3. The van der Waals surface area contributed by atoms with Crippen molar-refractivity contribution >= 4 is 8.38 Å². The minimum absolute atomic E-state index is 0.0142. The van der Waals surface area contributed by atoms with Crippen LogP contribution in [0.5, 0.6) is 0 Å². The molecule has 0 aromatic heterocycles. The molecule has 0 aliphatic carbocycles. The lowest BCUT2D eigenvalue weighted by Gasteiger charge is -2.11. The monoisotopic (exact) mass is 202 g/mol. The van der Waals surface area contributed by atoms with Gasteiger partial charge in [-0.05, 0) is 11.6 Å². The fraction of sp³-hybridized carbons (Fsp3) is 0.333. The molecule has 3 nitrogen and oxygen atoms in total. The zero-order valence-corrected chi connectivity index (χ0v) is 8.88. The van der Waals surface area contributed by atoms with Crippen molar-refractivity contribution in [3.05, 3.63) is 36.6 Å². The number of allylic oxidation sites excluding steroid dienone is 3. The van der Waals surface area contributed by atoms with Crippen LogP contribution in [0.4, 0.5) is 0 Å². The molecule has 0 amide bonds. The van der Waals surface area contributed by atoms with Crippen LogP contribution < -0.4 is 0 Å². The third-order valence-electron chi connectivity index (χ3n) is 1.25. The molecule has 0 aromatic carbocycles. The van der Waals surface area contributed by atoms with Crippen LogP contribution in [-0.4, -0.2) is 25.5 Å². The van der Waals surface area contributed by atoms with Crippen LogP contribution in [0.3, 0.4) is 0 Å². The lowest BCUT2D eigenvalue weighted by Crippen LogP contribution is -1.90. The topological polar surface area (TPSA) is 38.7 Å². The number of hydrogen-bond acceptors (Lipinski definition) is 3. The second-order valence-corrected chi connectivity index (χ2v) is 4.05. The summed E-state index contributed by atoms with van der Waals surface area (Å²) in [5.41, 5.74) is 0.838. The Hall–Kier alpha value is -0.630. The van der Waals surface area contributed by atoms with E-state index in [1.54, 1.807) is 20.3 Å². The molecule has 0 radical (unpaired) electrons. The SMILES string of the molecule is C=C(O)/C=C\C(=C)CP(OC)OC. The number of aliphatic hydroxyl groups is 1. The van der Waals surface area contributed by atoms with Crippen molar-refractivity contribution in [2.75, 3.05) is 20.4 Å². The van der Waals surface area contributed by atoms with Gasteiger partial charge in [0.15, 0.2) is 8.38 Å². The summed E-state index contributed by atoms with van der Waals surface area (Å²) in [5.74, 6) is 0.0142. The van der Waals surface area contributed by atoms with E-state index < -0.39 is 8.38 Å². The summed E-state index contributed by atoms with van der Waals surface area (Å²) in [5, 5.41) is 8.77. The number of aliphatic hydroxyl groups excluding tert-OH is 1. The fourth-order valence-corrected chi connectivity index (χ4v) is 1.48. The highest BCUT2D eigenvalue weighted by atomic mass is 31.2. The Balaban J connectivity index is 3.92. The van der Waals surface area contributed by atoms with E-state index >= 15 is 0 Å². The maximum atomic E-state index is 8.77. The number of rotatable bonds is 6. The van der Waals surface area contributed by atoms with E-state index in [4.69, 9.17) is 14.2 Å². The summed E-state index contributed by atoms with van der Waals surface area (Å²) in [4.78, 5) is 0. The van der Waals surface area contributed by atoms with Gasteiger partial charge in [-0.1, -0.05) is 19.2 Å². The summed E-state index contributed by atoms with van der Waals surface area (Å²) < 4.78 is 10.1. The molecule has 0 spiro atoms. The highest BCUT2D eigenvalue weighted by molar-refractivity contribution is 7.47. The van der Waals surface area contributed by atoms with Crippen molar-refractivity contribution in [2.24, 2.45) is 0 Å². The molecular formula is C9H15O3P. The average Bonchev–Trinajstić information content (AvgIpc) is 2.10. The summed E-state index contributed by atoms with van der Waals surface area (Å²) in [7, 11) is 2.30. The Morgan fingerprint density at radius 3 is 2.23 bits per heavy atom. The first kappa shape index (κ1) is 12.4. The Kier molecular flexibility index (Phi) is 6.51. The predicted molar refractivity (Wildman–Crippen MR) is 55.9 cm³/mol. The Labute approximate surface area is 80.3 Å². The Bertz CT molecular complexity index is 207. The first-order valence-electron chi connectivity index (χ1n) is 3.69. The van der Waals surface area contributed by atoms with Gasteiger partial charge in [0.2, 0.25) is 0 Å². The molecule has 0 rings (SSSR count). The fourth-order valence-electron chi connectivity index (χ4n) is 0.636. The maximum Gasteiger partial charge on any atom is 0.174 e. The van der Waals surface area contributed by atoms with Gasteiger partial charge in [-0.2, -0.15) is 0 Å². The lowest BCUT2D eigenvalue weighted by molar-refractivity contribution is 0.342. The van der Waals surface area contributed by atoms with Crippen molar-refractivity contribution in [3.63, 3.8) is 0 Å². The van der Waals surface area contributed by atoms with Crippen molar-refractivity contribution < 1.29 is 14.2 Å². The molecule has 1 N–H and O–H groups in total. The summed E-state index contributed by atoms with van der Waals surface area (Å²) in [6.45, 7) is 7.10. The molecule has 0 fully saturated rings. The van der Waals surface area contributed by atoms with Crippen molar-refractivity contribution in [1.82, 2.24) is 0 Å². The highest BCUT2D eigenvalue weighted by Crippen LogP contribution is 2.37. The van der Waals surface area contributed by atoms with Crippen molar-refractivity contribution in [2.45, 2.75) is 0 Å². The minimum atomic E-state index is -0.889. The molecular weight excluding hydrogens is 187 g/mol. The van der Waals surface area contributed by atoms with E-state index in [1.165, 1.54) is 6.08 Å². The normalized spacial score (nSPS) is 11.0. The smallest absolute Gasteiger partial charge is 0.174 e. The van der Waals surface area contributed by atoms with Crippen LogP contribution in [0.15, 0.2) is 36.6 Å². The first-order valence-corrected chi connectivity index (χ1v) is 5.06. The third kappa shape index (κ3) is 6.52. The second kappa shape index (κ2) is 6.84. The molecule has 0 aromatic rings. The van der Waals surface area contributed by atoms with E-state index in [2.05, 4.69) is 13.2 Å². The third-order valence-corrected chi connectivity index (χ3v) is 2.73. The standard InChI is InChI=1S/C9H15O3P/c1-8(5-6-9(2)10)7-13(11-3)12-4/h5-6,10H,1-2,7H2,3-4H3/b6-5-. The van der Waals surface area contributed by atoms with Crippen molar-refractivity contribution in [3.8, 4) is 0 Å². The molecule has 13 heavy (non-hydrogen) atoms. The van der Waals surface area contributed by atoms with Crippen molar-refractivity contribution in [1.29, 1.82) is 0 Å². The van der Waals surface area contributed by atoms with Gasteiger partial charge in [-0.25, -0.2) is 0 Å². The van der Waals surface area contributed by atoms with Crippen LogP contribution in [0, 0.1) is 0 Å². The number of hydrogen-bond donors (Lipinski definition) is 1. The molecule has 0 saturated carbocycles. The highest BCUT2D eigenvalue weighted by Gasteiger charge is 2.05. The summed E-state index contributed by atoms with van der Waals surface area (Å²) in [6.07, 6.45) is 3.81. The average molecular weight is 202 g/mol. The summed E-state index contributed by atoms with van der Waals surface area (Å²) >= 11 is 0. The van der Waals surface area contributed by atoms with Gasteiger partial charge in [0.1, 0.15) is 5.76 Å². The zero-order valence-electron chi connectivity index (χ0n) is 7.99. The molecule has 0 bridgehead atoms.